The number of carbonyl (C=O) groups excluding carboxylic acids is 2. The Balaban J connectivity index is 4.44. The fraction of sp³-hybridized carbons (Fsp3) is 0.636. The average molecular weight is 244 g/mol. The molecule has 0 aromatic rings. The Labute approximate surface area is 102 Å². The molecular formula is C11H20N2O4. The number of allylic oxidation sites excluding steroid dienone is 1. The van der Waals surface area contributed by atoms with Crippen LogP contribution < -0.4 is 5.43 Å². The van der Waals surface area contributed by atoms with Crippen molar-refractivity contribution in [1.29, 1.82) is 0 Å². The van der Waals surface area contributed by atoms with Gasteiger partial charge in [-0.2, -0.15) is 0 Å². The van der Waals surface area contributed by atoms with Crippen molar-refractivity contribution < 1.29 is 19.1 Å². The molecule has 6 nitrogen and oxygen atoms in total. The Morgan fingerprint density at radius 1 is 1.18 bits per heavy atom. The summed E-state index contributed by atoms with van der Waals surface area (Å²) in [6.45, 7) is 7.90. The maximum atomic E-state index is 11.5. The minimum absolute atomic E-state index is 0.236. The third-order valence-corrected chi connectivity index (χ3v) is 1.67. The molecule has 0 heterocycles. The minimum atomic E-state index is -0.678. The van der Waals surface area contributed by atoms with Gasteiger partial charge in [-0.1, -0.05) is 11.6 Å². The van der Waals surface area contributed by atoms with E-state index in [0.29, 0.717) is 0 Å². The molecule has 1 N–H and O–H groups in total. The molecule has 0 aromatic heterocycles. The summed E-state index contributed by atoms with van der Waals surface area (Å²) in [5.41, 5.74) is 3.34. The molecule has 0 fully saturated rings. The van der Waals surface area contributed by atoms with Crippen molar-refractivity contribution in [3.05, 3.63) is 11.6 Å². The highest BCUT2D eigenvalue weighted by Crippen LogP contribution is 1.95. The number of nitrogens with zero attached hydrogens (tertiary/aromatic N) is 1. The van der Waals surface area contributed by atoms with Gasteiger partial charge < -0.3 is 9.47 Å². The number of hydrogen-bond acceptors (Lipinski definition) is 4. The maximum Gasteiger partial charge on any atom is 0.429 e. The zero-order chi connectivity index (χ0) is 13.3. The van der Waals surface area contributed by atoms with E-state index < -0.39 is 12.2 Å². The molecule has 6 heteroatoms. The highest BCUT2D eigenvalue weighted by molar-refractivity contribution is 5.74. The number of hydrogen-bond donors (Lipinski definition) is 1. The summed E-state index contributed by atoms with van der Waals surface area (Å²) < 4.78 is 9.49. The molecule has 0 rings (SSSR count). The van der Waals surface area contributed by atoms with E-state index >= 15 is 0 Å². The Morgan fingerprint density at radius 3 is 2.24 bits per heavy atom. The first-order valence-corrected chi connectivity index (χ1v) is 5.52. The van der Waals surface area contributed by atoms with Gasteiger partial charge in [0, 0.05) is 0 Å². The second kappa shape index (κ2) is 8.43. The summed E-state index contributed by atoms with van der Waals surface area (Å²) in [5, 5.41) is 1.06. The van der Waals surface area contributed by atoms with Gasteiger partial charge in [-0.05, 0) is 27.7 Å². The summed E-state index contributed by atoms with van der Waals surface area (Å²) in [6.07, 6.45) is 0.504. The molecule has 0 saturated carbocycles. The lowest BCUT2D eigenvalue weighted by Gasteiger charge is -2.20. The highest BCUT2D eigenvalue weighted by atomic mass is 16.6. The van der Waals surface area contributed by atoms with Gasteiger partial charge in [-0.3, -0.25) is 0 Å². The van der Waals surface area contributed by atoms with Gasteiger partial charge in [-0.25, -0.2) is 20.0 Å². The Morgan fingerprint density at radius 2 is 1.76 bits per heavy atom. The summed E-state index contributed by atoms with van der Waals surface area (Å²) in [5.74, 6) is 0. The third kappa shape index (κ3) is 7.21. The van der Waals surface area contributed by atoms with Crippen LogP contribution in [0.4, 0.5) is 9.59 Å². The van der Waals surface area contributed by atoms with E-state index in [9.17, 15) is 9.59 Å². The molecule has 98 valence electrons. The minimum Gasteiger partial charge on any atom is -0.449 e. The summed E-state index contributed by atoms with van der Waals surface area (Å²) in [7, 11) is 0. The van der Waals surface area contributed by atoms with Gasteiger partial charge >= 0.3 is 12.2 Å². The van der Waals surface area contributed by atoms with E-state index in [1.165, 1.54) is 0 Å². The van der Waals surface area contributed by atoms with Crippen molar-refractivity contribution in [2.45, 2.75) is 27.7 Å². The molecular weight excluding hydrogens is 224 g/mol. The normalized spacial score (nSPS) is 9.18. The number of ether oxygens (including phenoxy) is 2. The number of nitrogens with one attached hydrogen (secondary N) is 1. The Kier molecular flexibility index (Phi) is 7.58. The van der Waals surface area contributed by atoms with Gasteiger partial charge in [0.05, 0.1) is 19.8 Å². The largest absolute Gasteiger partial charge is 0.449 e. The predicted molar refractivity (Wildman–Crippen MR) is 63.3 cm³/mol. The quantitative estimate of drug-likeness (QED) is 0.607. The topological polar surface area (TPSA) is 67.9 Å². The molecule has 0 unspecified atom stereocenters. The Bertz CT molecular complexity index is 285. The van der Waals surface area contributed by atoms with E-state index in [1.54, 1.807) is 19.9 Å². The standard InChI is InChI=1S/C11H20N2O4/c1-5-16-10(14)12-13(8-7-9(3)4)11(15)17-6-2/h7H,5-6,8H2,1-4H3,(H,12,14). The molecule has 2 amide bonds. The lowest BCUT2D eigenvalue weighted by Crippen LogP contribution is -2.46. The van der Waals surface area contributed by atoms with Crippen molar-refractivity contribution in [2.24, 2.45) is 0 Å². The molecule has 0 radical (unpaired) electrons. The maximum absolute atomic E-state index is 11.5. The average Bonchev–Trinajstić information content (AvgIpc) is 2.24. The first-order chi connectivity index (χ1) is 8.01. The first kappa shape index (κ1) is 15.3. The van der Waals surface area contributed by atoms with Crippen LogP contribution in [0.5, 0.6) is 0 Å². The monoisotopic (exact) mass is 244 g/mol. The van der Waals surface area contributed by atoms with Crippen molar-refractivity contribution >= 4 is 12.2 Å². The van der Waals surface area contributed by atoms with Crippen LogP contribution >= 0.6 is 0 Å². The lowest BCUT2D eigenvalue weighted by atomic mass is 10.3. The fourth-order valence-corrected chi connectivity index (χ4v) is 0.915. The van der Waals surface area contributed by atoms with Gasteiger partial charge in [0.15, 0.2) is 0 Å². The zero-order valence-corrected chi connectivity index (χ0v) is 10.8. The van der Waals surface area contributed by atoms with Crippen molar-refractivity contribution in [3.8, 4) is 0 Å². The third-order valence-electron chi connectivity index (χ3n) is 1.67. The van der Waals surface area contributed by atoms with E-state index in [4.69, 9.17) is 4.74 Å². The van der Waals surface area contributed by atoms with E-state index in [0.717, 1.165) is 10.6 Å². The van der Waals surface area contributed by atoms with Crippen LogP contribution in [0.2, 0.25) is 0 Å². The Hall–Kier alpha value is -1.72. The van der Waals surface area contributed by atoms with Crippen LogP contribution in [0, 0.1) is 0 Å². The van der Waals surface area contributed by atoms with Crippen molar-refractivity contribution in [3.63, 3.8) is 0 Å². The smallest absolute Gasteiger partial charge is 0.429 e. The molecule has 0 aliphatic heterocycles. The van der Waals surface area contributed by atoms with Crippen LogP contribution in [0.15, 0.2) is 11.6 Å². The van der Waals surface area contributed by atoms with E-state index in [2.05, 4.69) is 10.2 Å². The SMILES string of the molecule is CCOC(=O)NN(CC=C(C)C)C(=O)OCC. The second-order valence-corrected chi connectivity index (χ2v) is 3.42. The molecule has 0 atom stereocenters. The van der Waals surface area contributed by atoms with Crippen LogP contribution in [-0.4, -0.2) is 37.0 Å². The molecule has 0 aliphatic rings. The number of rotatable bonds is 4. The molecule has 0 saturated heterocycles. The molecule has 0 aliphatic carbocycles. The van der Waals surface area contributed by atoms with Crippen LogP contribution in [-0.2, 0) is 9.47 Å². The van der Waals surface area contributed by atoms with Gasteiger partial charge in [0.2, 0.25) is 0 Å². The van der Waals surface area contributed by atoms with Crippen LogP contribution in [0.3, 0.4) is 0 Å². The van der Waals surface area contributed by atoms with Gasteiger partial charge in [0.1, 0.15) is 0 Å². The van der Waals surface area contributed by atoms with E-state index in [-0.39, 0.29) is 19.8 Å². The van der Waals surface area contributed by atoms with E-state index in [1.807, 2.05) is 13.8 Å². The number of amides is 2. The summed E-state index contributed by atoms with van der Waals surface area (Å²) in [6, 6.07) is 0. The molecule has 17 heavy (non-hydrogen) atoms. The highest BCUT2D eigenvalue weighted by Gasteiger charge is 2.16. The molecule has 0 bridgehead atoms. The zero-order valence-electron chi connectivity index (χ0n) is 10.8. The summed E-state index contributed by atoms with van der Waals surface area (Å²) in [4.78, 5) is 22.7. The van der Waals surface area contributed by atoms with Gasteiger partial charge in [0.25, 0.3) is 0 Å². The van der Waals surface area contributed by atoms with Crippen LogP contribution in [0.1, 0.15) is 27.7 Å². The number of carbonyl (C=O) groups is 2. The fourth-order valence-electron chi connectivity index (χ4n) is 0.915. The second-order valence-electron chi connectivity index (χ2n) is 3.42. The lowest BCUT2D eigenvalue weighted by molar-refractivity contribution is 0.0790. The molecule has 0 spiro atoms. The number of hydrazine groups is 1. The van der Waals surface area contributed by atoms with Crippen molar-refractivity contribution in [2.75, 3.05) is 19.8 Å². The molecule has 0 aromatic carbocycles. The van der Waals surface area contributed by atoms with Crippen molar-refractivity contribution in [1.82, 2.24) is 10.4 Å². The predicted octanol–water partition coefficient (Wildman–Crippen LogP) is 2.07. The van der Waals surface area contributed by atoms with Crippen LogP contribution in [0.25, 0.3) is 0 Å². The first-order valence-electron chi connectivity index (χ1n) is 5.52. The summed E-state index contributed by atoms with van der Waals surface area (Å²) >= 11 is 0. The van der Waals surface area contributed by atoms with Gasteiger partial charge in [-0.15, -0.1) is 0 Å².